The highest BCUT2D eigenvalue weighted by molar-refractivity contribution is 9.10. The van der Waals surface area contributed by atoms with Gasteiger partial charge in [0.05, 0.1) is 18.3 Å². The first-order valence-corrected chi connectivity index (χ1v) is 28.7. The second-order valence-electron chi connectivity index (χ2n) is 21.4. The van der Waals surface area contributed by atoms with E-state index in [1.807, 2.05) is 74.3 Å². The number of fused-ring (bicyclic) bond motifs is 2. The molecule has 3 aliphatic carbocycles. The Balaban J connectivity index is 0.000000163. The first-order valence-electron chi connectivity index (χ1n) is 27.9. The number of pyridine rings is 2. The van der Waals surface area contributed by atoms with Gasteiger partial charge < -0.3 is 53.3 Å². The number of nitrogens with two attached hydrogens (primary N) is 4. The van der Waals surface area contributed by atoms with Gasteiger partial charge in [0.15, 0.2) is 34.0 Å². The molecule has 11 rings (SSSR count). The van der Waals surface area contributed by atoms with Crippen molar-refractivity contribution in [3.05, 3.63) is 131 Å². The fourth-order valence-electron chi connectivity index (χ4n) is 9.91. The molecular formula is C59H81BrN18. The third-order valence-electron chi connectivity index (χ3n) is 14.7. The van der Waals surface area contributed by atoms with Crippen LogP contribution in [0.1, 0.15) is 134 Å². The first kappa shape index (κ1) is 57.5. The van der Waals surface area contributed by atoms with Gasteiger partial charge in [-0.3, -0.25) is 9.97 Å². The number of imidazole rings is 2. The van der Waals surface area contributed by atoms with Crippen LogP contribution in [-0.2, 0) is 13.1 Å². The van der Waals surface area contributed by atoms with E-state index in [-0.39, 0.29) is 48.3 Å². The van der Waals surface area contributed by atoms with Crippen molar-refractivity contribution in [1.82, 2.24) is 49.0 Å². The summed E-state index contributed by atoms with van der Waals surface area (Å²) in [4.78, 5) is 36.8. The van der Waals surface area contributed by atoms with Gasteiger partial charge in [-0.1, -0.05) is 103 Å². The van der Waals surface area contributed by atoms with E-state index in [4.69, 9.17) is 42.9 Å². The van der Waals surface area contributed by atoms with E-state index in [0.717, 1.165) is 99.5 Å². The van der Waals surface area contributed by atoms with Gasteiger partial charge in [0.1, 0.15) is 0 Å². The summed E-state index contributed by atoms with van der Waals surface area (Å²) in [5.41, 5.74) is 32.7. The summed E-state index contributed by atoms with van der Waals surface area (Å²) in [5, 5.41) is 13.9. The lowest BCUT2D eigenvalue weighted by Gasteiger charge is -2.29. The second kappa shape index (κ2) is 28.3. The summed E-state index contributed by atoms with van der Waals surface area (Å²) >= 11 is 3.48. The van der Waals surface area contributed by atoms with Crippen LogP contribution in [0.2, 0.25) is 0 Å². The standard InChI is InChI=1S/C26H32N8.C21H28BrN7.C6H14N2.C6H7N/c1-17(2)34-16-30-23-24(32-26(33-25(23)34)31-22-9-4-3-7-20(22)27)29-15-18-10-12-19(13-11-18)21-8-5-6-14-28-21;1-13(2)29-12-25-18-19(24-11-14-7-9-15(22)10-8-14)27-21(28-20(18)29)26-17-6-4-3-5-16(17)23;7-5-3-1-2-4-6(5)8;1-6-4-2-3-5-7-6/h5-6,8,10-14,16-17,20,22H,3-4,7,9,15,27H2,1-2H3,(H2,29,31,32,33);7-10,12-13,16-17H,3-6,11,23H2,1-2H3,(H2,24,26,27,28);5-6H,1-4,7-8H2;2-5H,1H3/t20-,22+;16-,17+;5-,6+;/m00../s1. The molecule has 0 bridgehead atoms. The molecule has 414 valence electrons. The van der Waals surface area contributed by atoms with Gasteiger partial charge in [-0.05, 0) is 121 Å². The number of nitrogens with one attached hydrogen (secondary N) is 4. The van der Waals surface area contributed by atoms with Crippen LogP contribution in [-0.4, -0.2) is 85.3 Å². The van der Waals surface area contributed by atoms with Gasteiger partial charge in [0.25, 0.3) is 0 Å². The SMILES string of the molecule is CC(C)n1cnc2c(NCc3ccc(-c4ccccn4)cc3)nc(N[C@@H]3CCCC[C@@H]3N)nc21.CC(C)n1cnc2c(NCc3ccc(Br)cc3)nc(N[C@@H]3CCCC[C@@H]3N)nc21.Cc1ccccn1.N[C@@H]1CCCC[C@@H]1N. The normalized spacial score (nSPS) is 20.2. The number of benzene rings is 2. The van der Waals surface area contributed by atoms with E-state index in [1.54, 1.807) is 6.20 Å². The summed E-state index contributed by atoms with van der Waals surface area (Å²) < 4.78 is 5.22. The maximum Gasteiger partial charge on any atom is 0.227 e. The molecular weight excluding hydrogens is 1040 g/mol. The van der Waals surface area contributed by atoms with E-state index in [0.29, 0.717) is 25.0 Å². The molecule has 0 spiro atoms. The molecule has 6 heterocycles. The van der Waals surface area contributed by atoms with Crippen molar-refractivity contribution in [2.75, 3.05) is 21.3 Å². The Kier molecular flexibility index (Phi) is 20.9. The molecule has 3 saturated carbocycles. The number of nitrogens with zero attached hydrogens (tertiary/aromatic N) is 10. The molecule has 2 aromatic carbocycles. The Hall–Kier alpha value is -6.64. The smallest absolute Gasteiger partial charge is 0.227 e. The molecule has 8 aromatic rings. The second-order valence-corrected chi connectivity index (χ2v) is 22.3. The van der Waals surface area contributed by atoms with Crippen LogP contribution in [0.15, 0.2) is 114 Å². The van der Waals surface area contributed by atoms with Gasteiger partial charge in [-0.25, -0.2) is 9.97 Å². The van der Waals surface area contributed by atoms with E-state index < -0.39 is 0 Å². The number of anilines is 4. The Labute approximate surface area is 468 Å². The molecule has 3 fully saturated rings. The number of aromatic nitrogens is 10. The van der Waals surface area contributed by atoms with Gasteiger partial charge in [-0.2, -0.15) is 19.9 Å². The minimum absolute atomic E-state index is 0.122. The van der Waals surface area contributed by atoms with Crippen molar-refractivity contribution in [1.29, 1.82) is 0 Å². The van der Waals surface area contributed by atoms with Crippen LogP contribution < -0.4 is 44.2 Å². The fraction of sp³-hybridized carbons (Fsp3) is 0.458. The Morgan fingerprint density at radius 1 is 0.513 bits per heavy atom. The van der Waals surface area contributed by atoms with E-state index in [1.165, 1.54) is 44.1 Å². The summed E-state index contributed by atoms with van der Waals surface area (Å²) in [6.45, 7) is 11.8. The minimum atomic E-state index is 0.122. The highest BCUT2D eigenvalue weighted by Gasteiger charge is 2.26. The lowest BCUT2D eigenvalue weighted by Crippen LogP contribution is -2.43. The number of hydrogen-bond donors (Lipinski definition) is 8. The molecule has 19 heteroatoms. The van der Waals surface area contributed by atoms with Gasteiger partial charge in [0, 0.05) is 89.5 Å². The summed E-state index contributed by atoms with van der Waals surface area (Å²) in [6, 6.07) is 30.2. The lowest BCUT2D eigenvalue weighted by atomic mass is 9.91. The zero-order valence-electron chi connectivity index (χ0n) is 46.1. The number of aryl methyl sites for hydroxylation is 1. The zero-order valence-corrected chi connectivity index (χ0v) is 47.7. The maximum atomic E-state index is 6.37. The van der Waals surface area contributed by atoms with Crippen LogP contribution in [0.5, 0.6) is 0 Å². The third-order valence-corrected chi connectivity index (χ3v) is 15.2. The molecule has 12 N–H and O–H groups in total. The highest BCUT2D eigenvalue weighted by Crippen LogP contribution is 2.29. The van der Waals surface area contributed by atoms with E-state index >= 15 is 0 Å². The van der Waals surface area contributed by atoms with Crippen molar-refractivity contribution in [3.63, 3.8) is 0 Å². The van der Waals surface area contributed by atoms with Crippen molar-refractivity contribution < 1.29 is 0 Å². The summed E-state index contributed by atoms with van der Waals surface area (Å²) in [6.07, 6.45) is 21.0. The Bertz CT molecular complexity index is 3050. The van der Waals surface area contributed by atoms with Gasteiger partial charge in [0.2, 0.25) is 11.9 Å². The van der Waals surface area contributed by atoms with Gasteiger partial charge >= 0.3 is 0 Å². The van der Waals surface area contributed by atoms with Gasteiger partial charge in [-0.15, -0.1) is 0 Å². The van der Waals surface area contributed by atoms with Crippen LogP contribution in [0.3, 0.4) is 0 Å². The first-order chi connectivity index (χ1) is 37.8. The Morgan fingerprint density at radius 3 is 1.33 bits per heavy atom. The van der Waals surface area contributed by atoms with Crippen molar-refractivity contribution in [2.45, 2.75) is 173 Å². The predicted octanol–water partition coefficient (Wildman–Crippen LogP) is 10.8. The largest absolute Gasteiger partial charge is 0.364 e. The topological polar surface area (TPSA) is 265 Å². The average Bonchev–Trinajstić information content (AvgIpc) is 4.16. The molecule has 6 aromatic heterocycles. The van der Waals surface area contributed by atoms with Crippen molar-refractivity contribution in [3.8, 4) is 11.3 Å². The summed E-state index contributed by atoms with van der Waals surface area (Å²) in [5.74, 6) is 2.68. The zero-order chi connectivity index (χ0) is 55.0. The van der Waals surface area contributed by atoms with Crippen LogP contribution in [0.25, 0.3) is 33.6 Å². The van der Waals surface area contributed by atoms with Crippen LogP contribution in [0, 0.1) is 6.92 Å². The maximum absolute atomic E-state index is 6.37. The molecule has 0 saturated heterocycles. The molecule has 78 heavy (non-hydrogen) atoms. The minimum Gasteiger partial charge on any atom is -0.364 e. The molecule has 0 amide bonds. The molecule has 3 aliphatic rings. The fourth-order valence-corrected chi connectivity index (χ4v) is 10.2. The van der Waals surface area contributed by atoms with E-state index in [2.05, 4.69) is 130 Å². The quantitative estimate of drug-likeness (QED) is 0.0533. The van der Waals surface area contributed by atoms with Crippen molar-refractivity contribution in [2.24, 2.45) is 22.9 Å². The average molecular weight is 1120 g/mol. The number of halogens is 1. The molecule has 0 aliphatic heterocycles. The molecule has 18 nitrogen and oxygen atoms in total. The summed E-state index contributed by atoms with van der Waals surface area (Å²) in [7, 11) is 0. The molecule has 6 atom stereocenters. The predicted molar refractivity (Wildman–Crippen MR) is 321 cm³/mol. The number of rotatable bonds is 13. The highest BCUT2D eigenvalue weighted by atomic mass is 79.9. The van der Waals surface area contributed by atoms with Crippen LogP contribution >= 0.6 is 15.9 Å². The van der Waals surface area contributed by atoms with E-state index in [9.17, 15) is 0 Å². The Morgan fingerprint density at radius 2 is 0.949 bits per heavy atom. The van der Waals surface area contributed by atoms with Crippen LogP contribution in [0.4, 0.5) is 23.5 Å². The number of hydrogen-bond acceptors (Lipinski definition) is 16. The third kappa shape index (κ3) is 16.0. The monoisotopic (exact) mass is 1120 g/mol. The lowest BCUT2D eigenvalue weighted by molar-refractivity contribution is 0.385. The molecule has 0 unspecified atom stereocenters. The molecule has 0 radical (unpaired) electrons. The van der Waals surface area contributed by atoms with Crippen molar-refractivity contribution >= 4 is 61.8 Å².